The minimum Gasteiger partial charge on any atom is -0.477 e. The number of amides is 1. The summed E-state index contributed by atoms with van der Waals surface area (Å²) in [7, 11) is 0. The van der Waals surface area contributed by atoms with Crippen molar-refractivity contribution in [2.45, 2.75) is 18.6 Å². The SMILES string of the molecule is O=C(N[C@@H]1c2ccccc2C[C@@H]1O)c1nc[nH]c1C(=O)O. The van der Waals surface area contributed by atoms with Crippen LogP contribution in [0.3, 0.4) is 0 Å². The van der Waals surface area contributed by atoms with E-state index in [2.05, 4.69) is 15.3 Å². The van der Waals surface area contributed by atoms with Crippen LogP contribution in [0.5, 0.6) is 0 Å². The number of fused-ring (bicyclic) bond motifs is 1. The van der Waals surface area contributed by atoms with Crippen LogP contribution in [0.25, 0.3) is 0 Å². The van der Waals surface area contributed by atoms with E-state index in [1.807, 2.05) is 24.3 Å². The molecule has 0 unspecified atom stereocenters. The summed E-state index contributed by atoms with van der Waals surface area (Å²) < 4.78 is 0. The van der Waals surface area contributed by atoms with Gasteiger partial charge in [-0.1, -0.05) is 24.3 Å². The zero-order chi connectivity index (χ0) is 15.0. The first-order valence-corrected chi connectivity index (χ1v) is 6.41. The third-order valence-electron chi connectivity index (χ3n) is 3.56. The number of imidazole rings is 1. The first-order chi connectivity index (χ1) is 10.1. The molecule has 0 radical (unpaired) electrons. The van der Waals surface area contributed by atoms with Crippen LogP contribution >= 0.6 is 0 Å². The Bertz CT molecular complexity index is 710. The number of aromatic carboxylic acids is 1. The van der Waals surface area contributed by atoms with Crippen molar-refractivity contribution in [3.63, 3.8) is 0 Å². The topological polar surface area (TPSA) is 115 Å². The molecule has 7 heteroatoms. The van der Waals surface area contributed by atoms with Crippen molar-refractivity contribution in [3.8, 4) is 0 Å². The predicted octanol–water partition coefficient (Wildman–Crippen LogP) is 0.496. The van der Waals surface area contributed by atoms with Gasteiger partial charge in [-0.05, 0) is 11.1 Å². The highest BCUT2D eigenvalue weighted by atomic mass is 16.4. The van der Waals surface area contributed by atoms with E-state index in [9.17, 15) is 14.7 Å². The summed E-state index contributed by atoms with van der Waals surface area (Å²) in [5, 5.41) is 21.7. The minimum absolute atomic E-state index is 0.195. The average Bonchev–Trinajstić information content (AvgIpc) is 3.04. The van der Waals surface area contributed by atoms with Crippen molar-refractivity contribution in [2.24, 2.45) is 0 Å². The molecule has 0 fully saturated rings. The van der Waals surface area contributed by atoms with Gasteiger partial charge in [-0.3, -0.25) is 4.79 Å². The van der Waals surface area contributed by atoms with Crippen LogP contribution < -0.4 is 5.32 Å². The maximum Gasteiger partial charge on any atom is 0.354 e. The molecule has 1 aromatic heterocycles. The zero-order valence-electron chi connectivity index (χ0n) is 10.9. The number of nitrogens with zero attached hydrogens (tertiary/aromatic N) is 1. The second-order valence-electron chi connectivity index (χ2n) is 4.85. The van der Waals surface area contributed by atoms with E-state index >= 15 is 0 Å². The number of carbonyl (C=O) groups excluding carboxylic acids is 1. The number of hydrogen-bond acceptors (Lipinski definition) is 4. The number of aliphatic hydroxyl groups is 1. The molecule has 0 aliphatic heterocycles. The number of H-pyrrole nitrogens is 1. The lowest BCUT2D eigenvalue weighted by atomic mass is 10.1. The largest absolute Gasteiger partial charge is 0.477 e. The number of nitrogens with one attached hydrogen (secondary N) is 2. The van der Waals surface area contributed by atoms with Crippen LogP contribution in [0.15, 0.2) is 30.6 Å². The molecular weight excluding hydrogens is 274 g/mol. The number of benzene rings is 1. The Hall–Kier alpha value is -2.67. The molecule has 0 bridgehead atoms. The van der Waals surface area contributed by atoms with Crippen molar-refractivity contribution < 1.29 is 19.8 Å². The third kappa shape index (κ3) is 2.27. The highest BCUT2D eigenvalue weighted by Crippen LogP contribution is 2.31. The van der Waals surface area contributed by atoms with Gasteiger partial charge in [0.15, 0.2) is 11.4 Å². The summed E-state index contributed by atoms with van der Waals surface area (Å²) in [6.45, 7) is 0. The first-order valence-electron chi connectivity index (χ1n) is 6.41. The highest BCUT2D eigenvalue weighted by Gasteiger charge is 2.33. The van der Waals surface area contributed by atoms with Gasteiger partial charge in [-0.25, -0.2) is 9.78 Å². The number of hydrogen-bond donors (Lipinski definition) is 4. The van der Waals surface area contributed by atoms with Crippen molar-refractivity contribution in [2.75, 3.05) is 0 Å². The Morgan fingerprint density at radius 1 is 1.33 bits per heavy atom. The minimum atomic E-state index is -1.26. The second kappa shape index (κ2) is 5.02. The first kappa shape index (κ1) is 13.3. The van der Waals surface area contributed by atoms with Gasteiger partial charge in [0.05, 0.1) is 18.5 Å². The molecule has 1 aliphatic rings. The second-order valence-corrected chi connectivity index (χ2v) is 4.85. The fourth-order valence-electron chi connectivity index (χ4n) is 2.59. The molecule has 3 rings (SSSR count). The van der Waals surface area contributed by atoms with Gasteiger partial charge in [-0.15, -0.1) is 0 Å². The Kier molecular flexibility index (Phi) is 3.19. The Balaban J connectivity index is 1.85. The number of aromatic amines is 1. The van der Waals surface area contributed by atoms with Crippen molar-refractivity contribution in [3.05, 3.63) is 53.1 Å². The average molecular weight is 287 g/mol. The molecule has 2 atom stereocenters. The molecule has 1 aromatic carbocycles. The van der Waals surface area contributed by atoms with Crippen LogP contribution in [0.4, 0.5) is 0 Å². The van der Waals surface area contributed by atoms with E-state index in [1.54, 1.807) is 0 Å². The van der Waals surface area contributed by atoms with Gasteiger partial charge in [0.2, 0.25) is 0 Å². The van der Waals surface area contributed by atoms with Gasteiger partial charge in [-0.2, -0.15) is 0 Å². The molecular formula is C14H13N3O4. The summed E-state index contributed by atoms with van der Waals surface area (Å²) in [5.74, 6) is -1.89. The van der Waals surface area contributed by atoms with E-state index in [0.29, 0.717) is 6.42 Å². The monoisotopic (exact) mass is 287 g/mol. The summed E-state index contributed by atoms with van der Waals surface area (Å²) in [6, 6.07) is 6.85. The van der Waals surface area contributed by atoms with Crippen LogP contribution in [0, 0.1) is 0 Å². The van der Waals surface area contributed by atoms with Gasteiger partial charge in [0, 0.05) is 6.42 Å². The standard InChI is InChI=1S/C14H13N3O4/c18-9-5-7-3-1-2-4-8(7)10(9)17-13(19)11-12(14(20)21)16-6-15-11/h1-4,6,9-10,18H,5H2,(H,15,16)(H,17,19)(H,20,21)/t9-,10+/m0/s1. The van der Waals surface area contributed by atoms with E-state index in [0.717, 1.165) is 17.5 Å². The van der Waals surface area contributed by atoms with Crippen molar-refractivity contribution in [1.29, 1.82) is 0 Å². The summed E-state index contributed by atoms with van der Waals surface area (Å²) in [4.78, 5) is 29.3. The number of aliphatic hydroxyl groups excluding tert-OH is 1. The zero-order valence-corrected chi connectivity index (χ0v) is 10.9. The summed E-state index contributed by atoms with van der Waals surface area (Å²) >= 11 is 0. The lowest BCUT2D eigenvalue weighted by Gasteiger charge is -2.17. The summed E-state index contributed by atoms with van der Waals surface area (Å²) in [5.41, 5.74) is 1.34. The number of carboxylic acid groups (broad SMARTS) is 1. The Labute approximate surface area is 119 Å². The van der Waals surface area contributed by atoms with Gasteiger partial charge in [0.1, 0.15) is 0 Å². The molecule has 0 spiro atoms. The number of aromatic nitrogens is 2. The lowest BCUT2D eigenvalue weighted by molar-refractivity contribution is 0.0682. The fourth-order valence-corrected chi connectivity index (χ4v) is 2.59. The quantitative estimate of drug-likeness (QED) is 0.656. The van der Waals surface area contributed by atoms with Crippen molar-refractivity contribution >= 4 is 11.9 Å². The van der Waals surface area contributed by atoms with Crippen LogP contribution in [0.2, 0.25) is 0 Å². The molecule has 1 amide bonds. The van der Waals surface area contributed by atoms with E-state index < -0.39 is 24.0 Å². The molecule has 1 heterocycles. The number of carbonyl (C=O) groups is 2. The molecule has 7 nitrogen and oxygen atoms in total. The summed E-state index contributed by atoms with van der Waals surface area (Å²) in [6.07, 6.45) is 0.865. The van der Waals surface area contributed by atoms with Gasteiger partial charge in [0.25, 0.3) is 5.91 Å². The van der Waals surface area contributed by atoms with E-state index in [4.69, 9.17) is 5.11 Å². The van der Waals surface area contributed by atoms with E-state index in [-0.39, 0.29) is 11.4 Å². The predicted molar refractivity (Wildman–Crippen MR) is 71.9 cm³/mol. The molecule has 2 aromatic rings. The van der Waals surface area contributed by atoms with Gasteiger partial charge < -0.3 is 20.5 Å². The molecule has 21 heavy (non-hydrogen) atoms. The molecule has 0 saturated carbocycles. The Morgan fingerprint density at radius 2 is 2.10 bits per heavy atom. The lowest BCUT2D eigenvalue weighted by Crippen LogP contribution is -2.34. The maximum atomic E-state index is 12.2. The van der Waals surface area contributed by atoms with Crippen LogP contribution in [0.1, 0.15) is 38.1 Å². The van der Waals surface area contributed by atoms with Crippen LogP contribution in [-0.4, -0.2) is 38.2 Å². The third-order valence-corrected chi connectivity index (χ3v) is 3.56. The highest BCUT2D eigenvalue weighted by molar-refractivity contribution is 6.02. The fraction of sp³-hybridized carbons (Fsp3) is 0.214. The van der Waals surface area contributed by atoms with Crippen molar-refractivity contribution in [1.82, 2.24) is 15.3 Å². The van der Waals surface area contributed by atoms with Gasteiger partial charge >= 0.3 is 5.97 Å². The number of carboxylic acids is 1. The number of rotatable bonds is 3. The molecule has 1 aliphatic carbocycles. The normalized spacial score (nSPS) is 20.0. The maximum absolute atomic E-state index is 12.2. The van der Waals surface area contributed by atoms with E-state index in [1.165, 1.54) is 0 Å². The molecule has 108 valence electrons. The molecule has 0 saturated heterocycles. The van der Waals surface area contributed by atoms with Crippen LogP contribution in [-0.2, 0) is 6.42 Å². The Morgan fingerprint density at radius 3 is 2.86 bits per heavy atom. The smallest absolute Gasteiger partial charge is 0.354 e. The molecule has 4 N–H and O–H groups in total.